The number of primary amides is 1. The molecular weight excluding hydrogens is 1130 g/mol. The molecule has 0 aliphatic heterocycles. The summed E-state index contributed by atoms with van der Waals surface area (Å²) >= 11 is 0. The Bertz CT molecular complexity index is 2340. The van der Waals surface area contributed by atoms with E-state index in [2.05, 4.69) is 5.73 Å². The van der Waals surface area contributed by atoms with Crippen LogP contribution >= 0.6 is 0 Å². The molecule has 0 aliphatic carbocycles. The Morgan fingerprint density at radius 2 is 0.659 bits per heavy atom. The molecule has 0 aromatic heterocycles. The number of benzene rings is 3. The van der Waals surface area contributed by atoms with E-state index >= 15 is 0 Å². The van der Waals surface area contributed by atoms with Crippen LogP contribution in [0.2, 0.25) is 0 Å². The van der Waals surface area contributed by atoms with Crippen molar-refractivity contribution < 1.29 is 114 Å². The number of hydrogen-bond acceptors (Lipinski definition) is 22. The third-order valence-corrected chi connectivity index (χ3v) is 10.0. The summed E-state index contributed by atoms with van der Waals surface area (Å²) in [4.78, 5) is 111. The zero-order chi connectivity index (χ0) is 67.1. The van der Waals surface area contributed by atoms with Crippen molar-refractivity contribution in [2.45, 2.75) is 133 Å². The number of aromatic hydroxyl groups is 2. The van der Waals surface area contributed by atoms with Crippen molar-refractivity contribution >= 4 is 65.6 Å². The molecule has 0 saturated carbocycles. The van der Waals surface area contributed by atoms with Gasteiger partial charge in [-0.2, -0.15) is 0 Å². The molecule has 0 aliphatic rings. The lowest BCUT2D eigenvalue weighted by atomic mass is 10.1. The van der Waals surface area contributed by atoms with Crippen LogP contribution in [0.4, 0.5) is 0 Å². The van der Waals surface area contributed by atoms with Gasteiger partial charge in [0.15, 0.2) is 0 Å². The van der Waals surface area contributed by atoms with Crippen molar-refractivity contribution in [3.63, 3.8) is 0 Å². The van der Waals surface area contributed by atoms with E-state index in [1.54, 1.807) is 38.1 Å². The van der Waals surface area contributed by atoms with Crippen LogP contribution in [0, 0.1) is 5.92 Å². The van der Waals surface area contributed by atoms with Crippen LogP contribution < -0.4 is 57.3 Å². The SMILES string of the molecule is CC(C)[C@H](N)C(=O)O.NC(=O)C[C@H](N)C(=O)O.NCCCC[C@H](N)C(=O)O.N[C@@H](CCC(=O)O)C(=O)O.N[C@@H](CCC(=O)O)C(=O)O.N[C@@H](Cc1ccc(O)cc1)C(=O)O.N[C@@H](Cc1ccc(O)cc1)C(=O)O.N[C@@H](Cc1ccccc1)C(=O)O. The minimum absolute atomic E-state index is 0.0208. The molecular formula is C52H84N10O23. The first-order valence-corrected chi connectivity index (χ1v) is 25.1. The van der Waals surface area contributed by atoms with Gasteiger partial charge < -0.3 is 119 Å². The van der Waals surface area contributed by atoms with Crippen LogP contribution in [0.15, 0.2) is 78.9 Å². The number of hydrogen-bond donors (Lipinski definition) is 22. The monoisotopic (exact) mass is 1220 g/mol. The summed E-state index contributed by atoms with van der Waals surface area (Å²) in [5.41, 5.74) is 53.7. The van der Waals surface area contributed by atoms with Crippen LogP contribution in [-0.4, -0.2) is 182 Å². The van der Waals surface area contributed by atoms with E-state index in [0.717, 1.165) is 29.5 Å². The fourth-order valence-electron chi connectivity index (χ4n) is 4.93. The topological polar surface area (TPSA) is 691 Å². The molecule has 0 radical (unpaired) electrons. The van der Waals surface area contributed by atoms with Crippen molar-refractivity contribution in [3.05, 3.63) is 95.6 Å². The predicted molar refractivity (Wildman–Crippen MR) is 304 cm³/mol. The number of phenols is 2. The van der Waals surface area contributed by atoms with Crippen LogP contribution in [0.3, 0.4) is 0 Å². The Labute approximate surface area is 488 Å². The quantitative estimate of drug-likeness (QED) is 0.0357. The molecule has 0 spiro atoms. The fraction of sp³-hybridized carbons (Fsp3) is 0.442. The lowest BCUT2D eigenvalue weighted by molar-refractivity contribution is -0.141. The Hall–Kier alpha value is -8.93. The molecule has 33 heteroatoms. The summed E-state index contributed by atoms with van der Waals surface area (Å²) in [6.45, 7) is 4.16. The van der Waals surface area contributed by atoms with Gasteiger partial charge in [0, 0.05) is 12.8 Å². The maximum Gasteiger partial charge on any atom is 0.321 e. The number of phenolic OH excluding ortho intramolecular Hbond substituents is 2. The highest BCUT2D eigenvalue weighted by molar-refractivity contribution is 5.83. The molecule has 3 aromatic carbocycles. The van der Waals surface area contributed by atoms with Gasteiger partial charge in [-0.15, -0.1) is 0 Å². The molecule has 85 heavy (non-hydrogen) atoms. The smallest absolute Gasteiger partial charge is 0.321 e. The molecule has 0 saturated heterocycles. The minimum atomic E-state index is -1.21. The van der Waals surface area contributed by atoms with Crippen molar-refractivity contribution in [3.8, 4) is 11.5 Å². The summed E-state index contributed by atoms with van der Waals surface area (Å²) in [6.07, 6.45) is 2.34. The second kappa shape index (κ2) is 49.7. The van der Waals surface area contributed by atoms with E-state index in [4.69, 9.17) is 113 Å². The van der Waals surface area contributed by atoms with E-state index in [1.807, 2.05) is 30.3 Å². The highest BCUT2D eigenvalue weighted by atomic mass is 16.4. The molecule has 8 atom stereocenters. The lowest BCUT2D eigenvalue weighted by Crippen LogP contribution is -2.34. The molecule has 0 heterocycles. The number of unbranched alkanes of at least 4 members (excludes halogenated alkanes) is 1. The molecule has 480 valence electrons. The second-order valence-corrected chi connectivity index (χ2v) is 18.0. The normalized spacial score (nSPS) is 12.7. The zero-order valence-electron chi connectivity index (χ0n) is 46.8. The molecule has 1 amide bonds. The van der Waals surface area contributed by atoms with Crippen LogP contribution in [0.1, 0.15) is 81.9 Å². The third-order valence-electron chi connectivity index (χ3n) is 10.0. The van der Waals surface area contributed by atoms with E-state index in [9.17, 15) is 52.7 Å². The van der Waals surface area contributed by atoms with E-state index in [0.29, 0.717) is 19.4 Å². The minimum Gasteiger partial charge on any atom is -0.508 e. The van der Waals surface area contributed by atoms with E-state index in [1.165, 1.54) is 24.3 Å². The van der Waals surface area contributed by atoms with Gasteiger partial charge >= 0.3 is 59.7 Å². The molecule has 32 N–H and O–H groups in total. The third kappa shape index (κ3) is 54.1. The van der Waals surface area contributed by atoms with Crippen molar-refractivity contribution in [1.29, 1.82) is 0 Å². The van der Waals surface area contributed by atoms with Gasteiger partial charge in [-0.25, -0.2) is 0 Å². The van der Waals surface area contributed by atoms with Gasteiger partial charge in [0.05, 0.1) is 6.42 Å². The van der Waals surface area contributed by atoms with Gasteiger partial charge in [0.1, 0.15) is 59.8 Å². The number of carboxylic acids is 10. The maximum absolute atomic E-state index is 10.4. The summed E-state index contributed by atoms with van der Waals surface area (Å²) in [6, 6.07) is 14.7. The average Bonchev–Trinajstić information content (AvgIpc) is 3.42. The number of nitrogens with two attached hydrogens (primary N) is 10. The Morgan fingerprint density at radius 3 is 0.871 bits per heavy atom. The van der Waals surface area contributed by atoms with Crippen molar-refractivity contribution in [2.24, 2.45) is 63.3 Å². The van der Waals surface area contributed by atoms with E-state index < -0.39 is 114 Å². The van der Waals surface area contributed by atoms with E-state index in [-0.39, 0.29) is 62.4 Å². The Kier molecular flexibility index (Phi) is 49.6. The van der Waals surface area contributed by atoms with Gasteiger partial charge in [-0.05, 0) is 98.4 Å². The zero-order valence-corrected chi connectivity index (χ0v) is 46.8. The Balaban J connectivity index is -0.000000288. The fourth-order valence-corrected chi connectivity index (χ4v) is 4.93. The van der Waals surface area contributed by atoms with Gasteiger partial charge in [-0.3, -0.25) is 52.7 Å². The largest absolute Gasteiger partial charge is 0.508 e. The summed E-state index contributed by atoms with van der Waals surface area (Å²) in [5.74, 6) is -10.8. The number of amides is 1. The standard InChI is InChI=1S/2C9H11NO3.C9H11NO2.C6H14N2O2.2C5H9NO4.C5H11NO2.C4H8N2O3/c2*10-8(9(12)13)5-6-1-3-7(11)4-2-6;10-8(9(11)12)6-7-4-2-1-3-5-7;7-4-2-1-3-5(8)6(9)10;2*6-3(5(9)10)1-2-4(7)8;1-3(2)4(6)5(7)8;5-2(4(8)9)1-3(6)7/h2*1-4,8,11H,5,10H2,(H,12,13);1-5,8H,6,10H2,(H,11,12);5H,1-4,7-8H2,(H,9,10);2*3H,1-2,6H2,(H,7,8)(H,9,10);3-4H,6H2,1-2H3,(H,7,8);2H,1,5H2,(H2,6,7)(H,8,9)/t3*8-;5-;2*3-;4-;2-/m00000000/s1. The molecule has 3 rings (SSSR count). The van der Waals surface area contributed by atoms with Crippen molar-refractivity contribution in [2.75, 3.05) is 6.54 Å². The summed E-state index contributed by atoms with van der Waals surface area (Å²) < 4.78 is 0. The summed E-state index contributed by atoms with van der Waals surface area (Å²) in [7, 11) is 0. The first-order valence-electron chi connectivity index (χ1n) is 25.1. The predicted octanol–water partition coefficient (Wildman–Crippen LogP) is -2.28. The summed E-state index contributed by atoms with van der Waals surface area (Å²) in [5, 5.41) is 101. The second-order valence-electron chi connectivity index (χ2n) is 18.0. The number of carbonyl (C=O) groups excluding carboxylic acids is 1. The van der Waals surface area contributed by atoms with Gasteiger partial charge in [0.2, 0.25) is 5.91 Å². The first kappa shape index (κ1) is 84.9. The van der Waals surface area contributed by atoms with Gasteiger partial charge in [-0.1, -0.05) is 74.9 Å². The van der Waals surface area contributed by atoms with Crippen molar-refractivity contribution in [1.82, 2.24) is 0 Å². The average molecular weight is 1220 g/mol. The molecule has 33 nitrogen and oxygen atoms in total. The molecule has 0 fully saturated rings. The highest BCUT2D eigenvalue weighted by Gasteiger charge is 2.17. The maximum atomic E-state index is 10.4. The Morgan fingerprint density at radius 1 is 0.376 bits per heavy atom. The lowest BCUT2D eigenvalue weighted by Gasteiger charge is -2.07. The number of aliphatic carboxylic acids is 10. The highest BCUT2D eigenvalue weighted by Crippen LogP contribution is 2.12. The number of carbonyl (C=O) groups is 11. The molecule has 0 bridgehead atoms. The van der Waals surface area contributed by atoms with Crippen LogP contribution in [0.25, 0.3) is 0 Å². The molecule has 0 unspecified atom stereocenters. The number of carboxylic acid groups (broad SMARTS) is 10. The van der Waals surface area contributed by atoms with Gasteiger partial charge in [0.25, 0.3) is 0 Å². The van der Waals surface area contributed by atoms with Crippen LogP contribution in [0.5, 0.6) is 11.5 Å². The number of rotatable bonds is 27. The molecule has 3 aromatic rings. The first-order chi connectivity index (χ1) is 39.2. The van der Waals surface area contributed by atoms with Crippen LogP contribution in [-0.2, 0) is 72.0 Å².